The summed E-state index contributed by atoms with van der Waals surface area (Å²) in [4.78, 5) is 2.10. The average Bonchev–Trinajstić information content (AvgIpc) is 2.56. The number of allylic oxidation sites excluding steroid dienone is 7. The molecule has 0 aliphatic carbocycles. The maximum absolute atomic E-state index is 5.82. The van der Waals surface area contributed by atoms with Crippen molar-refractivity contribution in [1.82, 2.24) is 0 Å². The van der Waals surface area contributed by atoms with Crippen LogP contribution >= 0.6 is 0 Å². The zero-order valence-electron chi connectivity index (χ0n) is 16.4. The SMILES string of the molecule is CC.CC1=CC(=C(C)C)C=C(/C=C(\C)c2ccc(N(C)C)cc2)O1. The Labute approximate surface area is 147 Å². The first-order valence-corrected chi connectivity index (χ1v) is 8.58. The molecule has 0 unspecified atom stereocenters. The fraction of sp³-hybridized carbons (Fsp3) is 0.364. The molecule has 0 saturated carbocycles. The van der Waals surface area contributed by atoms with E-state index in [1.54, 1.807) is 0 Å². The van der Waals surface area contributed by atoms with Crippen molar-refractivity contribution in [2.24, 2.45) is 0 Å². The lowest BCUT2D eigenvalue weighted by molar-refractivity contribution is 0.318. The standard InChI is InChI=1S/C20H25NO.C2H6/c1-14(2)18-12-16(4)22-20(13-18)11-15(3)17-7-9-19(10-8-17)21(5)6;1-2/h7-13H,1-6H3;1-2H3/b15-11+;. The molecule has 1 heterocycles. The lowest BCUT2D eigenvalue weighted by Crippen LogP contribution is -2.08. The van der Waals surface area contributed by atoms with Crippen LogP contribution in [0.5, 0.6) is 0 Å². The van der Waals surface area contributed by atoms with E-state index in [9.17, 15) is 0 Å². The van der Waals surface area contributed by atoms with Gasteiger partial charge in [-0.3, -0.25) is 0 Å². The molecule has 0 atom stereocenters. The fourth-order valence-corrected chi connectivity index (χ4v) is 2.34. The number of rotatable bonds is 3. The van der Waals surface area contributed by atoms with Gasteiger partial charge >= 0.3 is 0 Å². The van der Waals surface area contributed by atoms with E-state index in [2.05, 4.69) is 82.3 Å². The molecule has 1 aromatic rings. The lowest BCUT2D eigenvalue weighted by atomic mass is 10.0. The molecule has 0 spiro atoms. The van der Waals surface area contributed by atoms with Crippen molar-refractivity contribution in [3.8, 4) is 0 Å². The van der Waals surface area contributed by atoms with E-state index in [4.69, 9.17) is 4.74 Å². The summed E-state index contributed by atoms with van der Waals surface area (Å²) in [6.45, 7) is 12.3. The summed E-state index contributed by atoms with van der Waals surface area (Å²) in [5.74, 6) is 1.83. The molecule has 1 aliphatic rings. The highest BCUT2D eigenvalue weighted by molar-refractivity contribution is 5.68. The molecule has 1 aromatic carbocycles. The second-order valence-corrected chi connectivity index (χ2v) is 6.13. The fourth-order valence-electron chi connectivity index (χ4n) is 2.34. The van der Waals surface area contributed by atoms with Gasteiger partial charge < -0.3 is 9.64 Å². The Balaban J connectivity index is 0.00000139. The van der Waals surface area contributed by atoms with Crippen LogP contribution in [-0.4, -0.2) is 14.1 Å². The van der Waals surface area contributed by atoms with E-state index in [0.29, 0.717) is 0 Å². The maximum Gasteiger partial charge on any atom is 0.127 e. The molecular formula is C22H31NO. The third kappa shape index (κ3) is 5.45. The van der Waals surface area contributed by atoms with Gasteiger partial charge in [-0.15, -0.1) is 0 Å². The number of hydrogen-bond acceptors (Lipinski definition) is 2. The quantitative estimate of drug-likeness (QED) is 0.643. The Hall–Kier alpha value is -2.22. The highest BCUT2D eigenvalue weighted by Crippen LogP contribution is 2.25. The van der Waals surface area contributed by atoms with Crippen LogP contribution in [0.2, 0.25) is 0 Å². The highest BCUT2D eigenvalue weighted by atomic mass is 16.5. The summed E-state index contributed by atoms with van der Waals surface area (Å²) < 4.78 is 5.82. The van der Waals surface area contributed by atoms with Crippen molar-refractivity contribution in [1.29, 1.82) is 0 Å². The molecule has 0 N–H and O–H groups in total. The van der Waals surface area contributed by atoms with E-state index < -0.39 is 0 Å². The van der Waals surface area contributed by atoms with Crippen molar-refractivity contribution in [2.75, 3.05) is 19.0 Å². The number of anilines is 1. The normalized spacial score (nSPS) is 14.0. The van der Waals surface area contributed by atoms with E-state index >= 15 is 0 Å². The summed E-state index contributed by atoms with van der Waals surface area (Å²) >= 11 is 0. The molecule has 0 bridgehead atoms. The van der Waals surface area contributed by atoms with Gasteiger partial charge in [-0.05, 0) is 74.8 Å². The predicted octanol–water partition coefficient (Wildman–Crippen LogP) is 6.34. The van der Waals surface area contributed by atoms with Gasteiger partial charge in [0, 0.05) is 19.8 Å². The summed E-state index contributed by atoms with van der Waals surface area (Å²) in [6, 6.07) is 8.56. The third-order valence-electron chi connectivity index (χ3n) is 3.71. The molecule has 1 aliphatic heterocycles. The van der Waals surface area contributed by atoms with E-state index in [0.717, 1.165) is 11.5 Å². The van der Waals surface area contributed by atoms with Gasteiger partial charge in [-0.1, -0.05) is 31.6 Å². The Morgan fingerprint density at radius 3 is 2.04 bits per heavy atom. The minimum atomic E-state index is 0.894. The highest BCUT2D eigenvalue weighted by Gasteiger charge is 2.08. The summed E-state index contributed by atoms with van der Waals surface area (Å²) in [5, 5.41) is 0. The van der Waals surface area contributed by atoms with Gasteiger partial charge in [0.1, 0.15) is 11.5 Å². The van der Waals surface area contributed by atoms with Crippen LogP contribution in [-0.2, 0) is 4.74 Å². The van der Waals surface area contributed by atoms with Crippen molar-refractivity contribution < 1.29 is 4.74 Å². The molecule has 2 rings (SSSR count). The van der Waals surface area contributed by atoms with Crippen LogP contribution in [0.4, 0.5) is 5.69 Å². The van der Waals surface area contributed by atoms with Crippen LogP contribution in [0.3, 0.4) is 0 Å². The van der Waals surface area contributed by atoms with E-state index in [1.165, 1.54) is 28.0 Å². The molecule has 0 fully saturated rings. The predicted molar refractivity (Wildman–Crippen MR) is 107 cm³/mol. The van der Waals surface area contributed by atoms with E-state index in [-0.39, 0.29) is 0 Å². The molecule has 0 saturated heterocycles. The van der Waals surface area contributed by atoms with Gasteiger partial charge in [-0.2, -0.15) is 0 Å². The van der Waals surface area contributed by atoms with Crippen LogP contribution in [0.1, 0.15) is 47.1 Å². The smallest absolute Gasteiger partial charge is 0.127 e. The first kappa shape index (κ1) is 19.8. The first-order chi connectivity index (χ1) is 11.4. The average molecular weight is 325 g/mol. The van der Waals surface area contributed by atoms with Crippen LogP contribution in [0, 0.1) is 0 Å². The van der Waals surface area contributed by atoms with Crippen LogP contribution in [0.15, 0.2) is 65.2 Å². The molecule has 2 nitrogen and oxygen atoms in total. The Morgan fingerprint density at radius 1 is 0.958 bits per heavy atom. The summed E-state index contributed by atoms with van der Waals surface area (Å²) in [7, 11) is 4.10. The molecule has 0 radical (unpaired) electrons. The number of hydrogen-bond donors (Lipinski definition) is 0. The van der Waals surface area contributed by atoms with Gasteiger partial charge in [0.05, 0.1) is 0 Å². The minimum absolute atomic E-state index is 0.894. The molecule has 2 heteroatoms. The molecule has 24 heavy (non-hydrogen) atoms. The van der Waals surface area contributed by atoms with Crippen molar-refractivity contribution in [2.45, 2.75) is 41.5 Å². The second-order valence-electron chi connectivity index (χ2n) is 6.13. The first-order valence-electron chi connectivity index (χ1n) is 8.58. The third-order valence-corrected chi connectivity index (χ3v) is 3.71. The monoisotopic (exact) mass is 325 g/mol. The maximum atomic E-state index is 5.82. The molecule has 130 valence electrons. The summed E-state index contributed by atoms with van der Waals surface area (Å²) in [6.07, 6.45) is 6.28. The molecule has 0 aromatic heterocycles. The van der Waals surface area contributed by atoms with Gasteiger partial charge in [0.25, 0.3) is 0 Å². The molecule has 0 amide bonds. The van der Waals surface area contributed by atoms with Gasteiger partial charge in [0.2, 0.25) is 0 Å². The molecular weight excluding hydrogens is 294 g/mol. The second kappa shape index (κ2) is 9.17. The zero-order valence-corrected chi connectivity index (χ0v) is 16.4. The summed E-state index contributed by atoms with van der Waals surface area (Å²) in [5.41, 5.74) is 6.13. The Bertz CT molecular complexity index is 666. The van der Waals surface area contributed by atoms with Crippen LogP contribution < -0.4 is 4.90 Å². The number of ether oxygens (including phenoxy) is 1. The van der Waals surface area contributed by atoms with Crippen molar-refractivity contribution in [3.63, 3.8) is 0 Å². The Morgan fingerprint density at radius 2 is 1.54 bits per heavy atom. The van der Waals surface area contributed by atoms with Gasteiger partial charge in [-0.25, -0.2) is 0 Å². The zero-order chi connectivity index (χ0) is 18.3. The van der Waals surface area contributed by atoms with Crippen molar-refractivity contribution >= 4 is 11.3 Å². The largest absolute Gasteiger partial charge is 0.462 e. The number of benzene rings is 1. The Kier molecular flexibility index (Phi) is 7.57. The van der Waals surface area contributed by atoms with E-state index in [1.807, 2.05) is 20.8 Å². The minimum Gasteiger partial charge on any atom is -0.462 e. The van der Waals surface area contributed by atoms with Crippen molar-refractivity contribution in [3.05, 3.63) is 70.7 Å². The topological polar surface area (TPSA) is 12.5 Å². The van der Waals surface area contributed by atoms with Gasteiger partial charge in [0.15, 0.2) is 0 Å². The van der Waals surface area contributed by atoms with Crippen LogP contribution in [0.25, 0.3) is 5.57 Å². The number of nitrogens with zero attached hydrogens (tertiary/aromatic N) is 1. The lowest BCUT2D eigenvalue weighted by Gasteiger charge is -2.16.